The minimum atomic E-state index is 0.818. The van der Waals surface area contributed by atoms with E-state index in [1.807, 2.05) is 25.2 Å². The van der Waals surface area contributed by atoms with Gasteiger partial charge in [0.15, 0.2) is 0 Å². The summed E-state index contributed by atoms with van der Waals surface area (Å²) in [6.45, 7) is 10.1. The van der Waals surface area contributed by atoms with E-state index in [9.17, 15) is 0 Å². The molecule has 0 unspecified atom stereocenters. The molecule has 1 aromatic carbocycles. The summed E-state index contributed by atoms with van der Waals surface area (Å²) in [5.41, 5.74) is 4.36. The van der Waals surface area contributed by atoms with Crippen LogP contribution in [-0.2, 0) is 4.74 Å². The number of rotatable bonds is 5. The third-order valence-corrected chi connectivity index (χ3v) is 2.50. The molecule has 2 nitrogen and oxygen atoms in total. The lowest BCUT2D eigenvalue weighted by molar-refractivity contribution is 0.306. The summed E-state index contributed by atoms with van der Waals surface area (Å²) in [7, 11) is 1.65. The van der Waals surface area contributed by atoms with Crippen LogP contribution in [0.3, 0.4) is 0 Å². The summed E-state index contributed by atoms with van der Waals surface area (Å²) in [5.74, 6) is 0.818. The van der Waals surface area contributed by atoms with E-state index in [-0.39, 0.29) is 0 Å². The van der Waals surface area contributed by atoms with Gasteiger partial charge >= 0.3 is 0 Å². The van der Waals surface area contributed by atoms with Crippen LogP contribution in [-0.4, -0.2) is 7.11 Å². The molecular weight excluding hydrogens is 222 g/mol. The van der Waals surface area contributed by atoms with Crippen LogP contribution in [0.5, 0.6) is 0 Å². The number of anilines is 1. The van der Waals surface area contributed by atoms with Crippen molar-refractivity contribution in [3.63, 3.8) is 0 Å². The van der Waals surface area contributed by atoms with Crippen molar-refractivity contribution < 1.29 is 4.74 Å². The van der Waals surface area contributed by atoms with Gasteiger partial charge in [-0.25, -0.2) is 0 Å². The van der Waals surface area contributed by atoms with Crippen LogP contribution in [0.25, 0.3) is 0 Å². The van der Waals surface area contributed by atoms with Gasteiger partial charge in [0, 0.05) is 11.4 Å². The normalized spacial score (nSPS) is 11.7. The summed E-state index contributed by atoms with van der Waals surface area (Å²) in [6.07, 6.45) is 5.69. The molecule has 96 valence electrons. The van der Waals surface area contributed by atoms with Crippen LogP contribution in [0.15, 0.2) is 54.5 Å². The van der Waals surface area contributed by atoms with E-state index >= 15 is 0 Å². The summed E-state index contributed by atoms with van der Waals surface area (Å²) >= 11 is 0. The van der Waals surface area contributed by atoms with Crippen molar-refractivity contribution in [1.82, 2.24) is 0 Å². The Morgan fingerprint density at radius 1 is 1.17 bits per heavy atom. The average molecular weight is 243 g/mol. The smallest absolute Gasteiger partial charge is 0.114 e. The molecule has 0 fully saturated rings. The molecule has 0 aliphatic rings. The molecule has 18 heavy (non-hydrogen) atoms. The van der Waals surface area contributed by atoms with Gasteiger partial charge < -0.3 is 10.1 Å². The molecule has 0 spiro atoms. The van der Waals surface area contributed by atoms with Crippen molar-refractivity contribution >= 4 is 5.69 Å². The fourth-order valence-electron chi connectivity index (χ4n) is 1.74. The van der Waals surface area contributed by atoms with Crippen molar-refractivity contribution in [3.8, 4) is 0 Å². The first-order valence-corrected chi connectivity index (χ1v) is 5.97. The molecule has 0 aliphatic carbocycles. The second-order valence-electron chi connectivity index (χ2n) is 4.26. The first-order chi connectivity index (χ1) is 8.55. The molecule has 0 aliphatic heterocycles. The highest BCUT2D eigenvalue weighted by atomic mass is 16.5. The molecule has 0 bridgehead atoms. The highest BCUT2D eigenvalue weighted by molar-refractivity contribution is 5.53. The fourth-order valence-corrected chi connectivity index (χ4v) is 1.74. The van der Waals surface area contributed by atoms with Gasteiger partial charge in [-0.3, -0.25) is 0 Å². The van der Waals surface area contributed by atoms with Crippen molar-refractivity contribution in [3.05, 3.63) is 65.6 Å². The Kier molecular flexibility index (Phi) is 5.25. The Bertz CT molecular complexity index is 464. The Morgan fingerprint density at radius 2 is 1.78 bits per heavy atom. The molecule has 1 rings (SSSR count). The number of aryl methyl sites for hydroxylation is 2. The lowest BCUT2D eigenvalue weighted by Gasteiger charge is -2.08. The predicted molar refractivity (Wildman–Crippen MR) is 78.6 cm³/mol. The molecule has 2 heteroatoms. The molecule has 0 amide bonds. The van der Waals surface area contributed by atoms with Crippen LogP contribution in [0.1, 0.15) is 18.1 Å². The van der Waals surface area contributed by atoms with Gasteiger partial charge in [-0.2, -0.15) is 0 Å². The van der Waals surface area contributed by atoms with E-state index in [0.29, 0.717) is 0 Å². The van der Waals surface area contributed by atoms with E-state index in [2.05, 4.69) is 43.9 Å². The van der Waals surface area contributed by atoms with Crippen LogP contribution in [0.2, 0.25) is 0 Å². The Morgan fingerprint density at radius 3 is 2.28 bits per heavy atom. The molecule has 0 heterocycles. The zero-order chi connectivity index (χ0) is 13.5. The molecular formula is C16H21NO. The molecule has 1 aromatic rings. The lowest BCUT2D eigenvalue weighted by atomic mass is 10.1. The number of nitrogens with one attached hydrogen (secondary N) is 1. The third-order valence-electron chi connectivity index (χ3n) is 2.50. The quantitative estimate of drug-likeness (QED) is 0.613. The van der Waals surface area contributed by atoms with Crippen LogP contribution in [0.4, 0.5) is 5.69 Å². The van der Waals surface area contributed by atoms with E-state index in [4.69, 9.17) is 4.74 Å². The van der Waals surface area contributed by atoms with Crippen molar-refractivity contribution in [2.24, 2.45) is 0 Å². The third kappa shape index (κ3) is 4.50. The maximum atomic E-state index is 5.14. The number of ether oxygens (including phenoxy) is 1. The van der Waals surface area contributed by atoms with Crippen LogP contribution >= 0.6 is 0 Å². The van der Waals surface area contributed by atoms with E-state index < -0.39 is 0 Å². The average Bonchev–Trinajstić information content (AvgIpc) is 2.28. The van der Waals surface area contributed by atoms with Gasteiger partial charge in [0.25, 0.3) is 0 Å². The highest BCUT2D eigenvalue weighted by Gasteiger charge is 1.96. The van der Waals surface area contributed by atoms with E-state index in [1.54, 1.807) is 7.11 Å². The zero-order valence-electron chi connectivity index (χ0n) is 11.6. The van der Waals surface area contributed by atoms with Gasteiger partial charge in [0.1, 0.15) is 5.76 Å². The second-order valence-corrected chi connectivity index (χ2v) is 4.26. The molecule has 0 radical (unpaired) electrons. The van der Waals surface area contributed by atoms with Gasteiger partial charge in [-0.1, -0.05) is 12.6 Å². The first-order valence-electron chi connectivity index (χ1n) is 5.97. The monoisotopic (exact) mass is 243 g/mol. The standard InChI is InChI=1S/C16H21NO/c1-6-16(18-5)8-7-14(4)17-15-10-12(2)9-13(3)11-15/h6-11,17H,4H2,1-3,5H3/b8-7-,16-6+. The lowest BCUT2D eigenvalue weighted by Crippen LogP contribution is -1.96. The number of hydrogen-bond acceptors (Lipinski definition) is 2. The van der Waals surface area contributed by atoms with Gasteiger partial charge in [0.2, 0.25) is 0 Å². The molecule has 0 saturated carbocycles. The summed E-state index contributed by atoms with van der Waals surface area (Å²) in [6, 6.07) is 6.34. The fraction of sp³-hybridized carbons (Fsp3) is 0.250. The molecule has 0 aromatic heterocycles. The number of methoxy groups -OCH3 is 1. The second kappa shape index (κ2) is 6.70. The SMILES string of the molecule is C=C(/C=C\C(=C/C)OC)Nc1cc(C)cc(C)c1. The maximum Gasteiger partial charge on any atom is 0.114 e. The van der Waals surface area contributed by atoms with Crippen molar-refractivity contribution in [2.45, 2.75) is 20.8 Å². The largest absolute Gasteiger partial charge is 0.497 e. The topological polar surface area (TPSA) is 21.3 Å². The molecule has 0 atom stereocenters. The maximum absolute atomic E-state index is 5.14. The van der Waals surface area contributed by atoms with E-state index in [0.717, 1.165) is 17.1 Å². The number of allylic oxidation sites excluding steroid dienone is 3. The summed E-state index contributed by atoms with van der Waals surface area (Å²) < 4.78 is 5.14. The summed E-state index contributed by atoms with van der Waals surface area (Å²) in [5, 5.41) is 3.26. The van der Waals surface area contributed by atoms with Gasteiger partial charge in [0.05, 0.1) is 7.11 Å². The number of hydrogen-bond donors (Lipinski definition) is 1. The Labute approximate surface area is 110 Å². The molecule has 1 N–H and O–H groups in total. The summed E-state index contributed by atoms with van der Waals surface area (Å²) in [4.78, 5) is 0. The number of benzene rings is 1. The molecule has 0 saturated heterocycles. The van der Waals surface area contributed by atoms with Crippen molar-refractivity contribution in [1.29, 1.82) is 0 Å². The Balaban J connectivity index is 2.70. The highest BCUT2D eigenvalue weighted by Crippen LogP contribution is 2.15. The Hall–Kier alpha value is -1.96. The van der Waals surface area contributed by atoms with Gasteiger partial charge in [-0.05, 0) is 62.3 Å². The zero-order valence-corrected chi connectivity index (χ0v) is 11.6. The predicted octanol–water partition coefficient (Wildman–Crippen LogP) is 4.34. The van der Waals surface area contributed by atoms with Crippen LogP contribution < -0.4 is 5.32 Å². The first kappa shape index (κ1) is 14.1. The van der Waals surface area contributed by atoms with E-state index in [1.165, 1.54) is 11.1 Å². The van der Waals surface area contributed by atoms with Crippen LogP contribution in [0, 0.1) is 13.8 Å². The van der Waals surface area contributed by atoms with Crippen molar-refractivity contribution in [2.75, 3.05) is 12.4 Å². The van der Waals surface area contributed by atoms with Gasteiger partial charge in [-0.15, -0.1) is 0 Å². The minimum absolute atomic E-state index is 0.818. The minimum Gasteiger partial charge on any atom is -0.497 e.